The number of benzene rings is 3. The summed E-state index contributed by atoms with van der Waals surface area (Å²) in [6.45, 7) is 0. The lowest BCUT2D eigenvalue weighted by molar-refractivity contribution is 0.375. The van der Waals surface area contributed by atoms with E-state index in [0.29, 0.717) is 11.5 Å². The maximum absolute atomic E-state index is 13.4. The van der Waals surface area contributed by atoms with Gasteiger partial charge in [-0.2, -0.15) is 5.10 Å². The third kappa shape index (κ3) is 4.31. The molecule has 0 aromatic heterocycles. The number of nitrogens with zero attached hydrogens (tertiary/aromatic N) is 2. The minimum Gasteiger partial charge on any atom is -0.497 e. The van der Waals surface area contributed by atoms with E-state index in [4.69, 9.17) is 22.1 Å². The van der Waals surface area contributed by atoms with Crippen molar-refractivity contribution in [1.29, 1.82) is 0 Å². The molecule has 4 nitrogen and oxygen atoms in total. The van der Waals surface area contributed by atoms with E-state index in [0.717, 1.165) is 28.3 Å². The second-order valence-electron chi connectivity index (χ2n) is 6.83. The van der Waals surface area contributed by atoms with Gasteiger partial charge in [0.15, 0.2) is 5.11 Å². The van der Waals surface area contributed by atoms with Crippen LogP contribution in [0.2, 0.25) is 0 Å². The van der Waals surface area contributed by atoms with Crippen LogP contribution in [0.15, 0.2) is 77.9 Å². The second-order valence-corrected chi connectivity index (χ2v) is 7.21. The molecule has 0 bridgehead atoms. The summed E-state index contributed by atoms with van der Waals surface area (Å²) in [5, 5.41) is 10.0. The highest BCUT2D eigenvalue weighted by atomic mass is 32.1. The maximum Gasteiger partial charge on any atom is 0.194 e. The van der Waals surface area contributed by atoms with Crippen LogP contribution in [0.25, 0.3) is 0 Å². The predicted octanol–water partition coefficient (Wildman–Crippen LogP) is 5.52. The van der Waals surface area contributed by atoms with Crippen molar-refractivity contribution in [2.75, 3.05) is 12.4 Å². The van der Waals surface area contributed by atoms with Crippen molar-refractivity contribution < 1.29 is 13.5 Å². The lowest BCUT2D eigenvalue weighted by Crippen LogP contribution is -2.31. The van der Waals surface area contributed by atoms with Crippen LogP contribution in [0, 0.1) is 11.6 Å². The molecule has 1 aliphatic rings. The third-order valence-corrected chi connectivity index (χ3v) is 5.18. The van der Waals surface area contributed by atoms with E-state index in [1.54, 1.807) is 36.4 Å². The number of ether oxygens (including phenoxy) is 1. The zero-order valence-electron chi connectivity index (χ0n) is 16.2. The van der Waals surface area contributed by atoms with E-state index in [-0.39, 0.29) is 17.7 Å². The average Bonchev–Trinajstić information content (AvgIpc) is 3.21. The van der Waals surface area contributed by atoms with Gasteiger partial charge in [-0.15, -0.1) is 0 Å². The molecule has 1 N–H and O–H groups in total. The Labute approximate surface area is 178 Å². The van der Waals surface area contributed by atoms with Crippen LogP contribution >= 0.6 is 12.2 Å². The number of thiocarbonyl (C=S) groups is 1. The topological polar surface area (TPSA) is 36.9 Å². The Morgan fingerprint density at radius 3 is 2.17 bits per heavy atom. The minimum absolute atomic E-state index is 0.205. The van der Waals surface area contributed by atoms with Crippen molar-refractivity contribution >= 4 is 28.7 Å². The third-order valence-electron chi connectivity index (χ3n) is 4.89. The summed E-state index contributed by atoms with van der Waals surface area (Å²) in [6.07, 6.45) is 0.557. The fourth-order valence-corrected chi connectivity index (χ4v) is 3.60. The van der Waals surface area contributed by atoms with Gasteiger partial charge in [0.2, 0.25) is 0 Å². The van der Waals surface area contributed by atoms with Crippen LogP contribution in [-0.2, 0) is 0 Å². The quantitative estimate of drug-likeness (QED) is 0.561. The van der Waals surface area contributed by atoms with Gasteiger partial charge < -0.3 is 10.1 Å². The van der Waals surface area contributed by atoms with Crippen molar-refractivity contribution in [2.45, 2.75) is 12.5 Å². The lowest BCUT2D eigenvalue weighted by Gasteiger charge is -2.25. The maximum atomic E-state index is 13.4. The van der Waals surface area contributed by atoms with Gasteiger partial charge >= 0.3 is 0 Å². The summed E-state index contributed by atoms with van der Waals surface area (Å²) < 4.78 is 31.9. The number of hydrogen-bond acceptors (Lipinski definition) is 3. The summed E-state index contributed by atoms with van der Waals surface area (Å²) in [7, 11) is 1.61. The van der Waals surface area contributed by atoms with Crippen LogP contribution in [0.4, 0.5) is 14.5 Å². The molecule has 1 atom stereocenters. The highest BCUT2D eigenvalue weighted by Crippen LogP contribution is 2.33. The molecule has 30 heavy (non-hydrogen) atoms. The van der Waals surface area contributed by atoms with Gasteiger partial charge in [-0.25, -0.2) is 13.8 Å². The Hall–Kier alpha value is -3.32. The first-order valence-corrected chi connectivity index (χ1v) is 9.77. The Morgan fingerprint density at radius 1 is 0.967 bits per heavy atom. The molecular formula is C23H19F2N3OS. The number of hydrogen-bond donors (Lipinski definition) is 1. The highest BCUT2D eigenvalue weighted by Gasteiger charge is 2.31. The average molecular weight is 423 g/mol. The van der Waals surface area contributed by atoms with Crippen molar-refractivity contribution in [1.82, 2.24) is 5.01 Å². The molecule has 0 saturated carbocycles. The molecule has 0 fully saturated rings. The fourth-order valence-electron chi connectivity index (χ4n) is 3.31. The normalized spacial score (nSPS) is 15.6. The molecule has 0 aliphatic carbocycles. The predicted molar refractivity (Wildman–Crippen MR) is 118 cm³/mol. The summed E-state index contributed by atoms with van der Waals surface area (Å²) in [6, 6.07) is 19.7. The van der Waals surface area contributed by atoms with E-state index in [2.05, 4.69) is 5.32 Å². The lowest BCUT2D eigenvalue weighted by atomic mass is 9.98. The fraction of sp³-hybridized carbons (Fsp3) is 0.130. The zero-order valence-corrected chi connectivity index (χ0v) is 17.0. The molecule has 1 heterocycles. The summed E-state index contributed by atoms with van der Waals surface area (Å²) in [4.78, 5) is 0. The number of anilines is 1. The van der Waals surface area contributed by atoms with Crippen LogP contribution < -0.4 is 10.1 Å². The van der Waals surface area contributed by atoms with Gasteiger partial charge in [-0.05, 0) is 71.9 Å². The van der Waals surface area contributed by atoms with Crippen molar-refractivity contribution in [3.8, 4) is 5.75 Å². The summed E-state index contributed by atoms with van der Waals surface area (Å²) in [5.41, 5.74) is 3.28. The highest BCUT2D eigenvalue weighted by molar-refractivity contribution is 7.80. The molecule has 0 unspecified atom stereocenters. The second kappa shape index (κ2) is 8.59. The van der Waals surface area contributed by atoms with E-state index < -0.39 is 0 Å². The van der Waals surface area contributed by atoms with Crippen LogP contribution in [0.1, 0.15) is 23.6 Å². The van der Waals surface area contributed by atoms with Gasteiger partial charge in [0, 0.05) is 12.1 Å². The van der Waals surface area contributed by atoms with E-state index in [1.165, 1.54) is 24.3 Å². The van der Waals surface area contributed by atoms with Crippen LogP contribution in [-0.4, -0.2) is 22.9 Å². The van der Waals surface area contributed by atoms with Crippen LogP contribution in [0.3, 0.4) is 0 Å². The Kier molecular flexibility index (Phi) is 5.72. The van der Waals surface area contributed by atoms with Crippen LogP contribution in [0.5, 0.6) is 5.75 Å². The molecule has 152 valence electrons. The number of rotatable bonds is 4. The number of halogens is 2. The molecule has 4 rings (SSSR count). The molecule has 0 amide bonds. The van der Waals surface area contributed by atoms with Gasteiger partial charge in [0.1, 0.15) is 17.4 Å². The van der Waals surface area contributed by atoms with E-state index in [9.17, 15) is 8.78 Å². The first kappa shape index (κ1) is 20.0. The number of nitrogens with one attached hydrogen (secondary N) is 1. The Balaban J connectivity index is 1.62. The summed E-state index contributed by atoms with van der Waals surface area (Å²) >= 11 is 5.63. The number of methoxy groups -OCH3 is 1. The van der Waals surface area contributed by atoms with Gasteiger partial charge in [0.05, 0.1) is 18.9 Å². The van der Waals surface area contributed by atoms with Crippen molar-refractivity contribution in [3.05, 3.63) is 95.6 Å². The zero-order chi connectivity index (χ0) is 21.1. The smallest absolute Gasteiger partial charge is 0.194 e. The standard InChI is InChI=1S/C23H19F2N3OS/c1-29-20-12-10-19(11-13-20)26-23(30)28-22(16-4-8-18(25)9-5-16)14-21(27-28)15-2-6-17(24)7-3-15/h2-13,22H,14H2,1H3,(H,26,30)/t22-/m1/s1. The SMILES string of the molecule is COc1ccc(NC(=S)N2N=C(c3ccc(F)cc3)C[C@@H]2c2ccc(F)cc2)cc1. The first-order chi connectivity index (χ1) is 14.5. The number of hydrazone groups is 1. The first-order valence-electron chi connectivity index (χ1n) is 9.36. The minimum atomic E-state index is -0.305. The molecule has 0 saturated heterocycles. The molecular weight excluding hydrogens is 404 g/mol. The largest absolute Gasteiger partial charge is 0.497 e. The van der Waals surface area contributed by atoms with Crippen molar-refractivity contribution in [3.63, 3.8) is 0 Å². The van der Waals surface area contributed by atoms with Crippen molar-refractivity contribution in [2.24, 2.45) is 5.10 Å². The molecule has 3 aromatic carbocycles. The van der Waals surface area contributed by atoms with E-state index in [1.807, 2.05) is 24.3 Å². The molecule has 0 spiro atoms. The molecule has 3 aromatic rings. The Morgan fingerprint density at radius 2 is 1.57 bits per heavy atom. The van der Waals surface area contributed by atoms with Gasteiger partial charge in [-0.1, -0.05) is 24.3 Å². The van der Waals surface area contributed by atoms with Gasteiger partial charge in [0.25, 0.3) is 0 Å². The van der Waals surface area contributed by atoms with E-state index >= 15 is 0 Å². The monoisotopic (exact) mass is 423 g/mol. The molecule has 7 heteroatoms. The Bertz CT molecular complexity index is 1070. The molecule has 1 aliphatic heterocycles. The summed E-state index contributed by atoms with van der Waals surface area (Å²) in [5.74, 6) is 0.135. The molecule has 0 radical (unpaired) electrons. The van der Waals surface area contributed by atoms with Gasteiger partial charge in [-0.3, -0.25) is 0 Å².